The van der Waals surface area contributed by atoms with Crippen molar-refractivity contribution in [3.05, 3.63) is 47.5 Å². The lowest BCUT2D eigenvalue weighted by Gasteiger charge is -2.34. The number of carbonyl (C=O) groups is 1. The number of fused-ring (bicyclic) bond motifs is 1. The van der Waals surface area contributed by atoms with Crippen LogP contribution in [0.2, 0.25) is 5.02 Å². The molecule has 5 unspecified atom stereocenters. The Hall–Kier alpha value is -1.92. The minimum Gasteiger partial charge on any atom is -0.456 e. The third-order valence-electron chi connectivity index (χ3n) is 5.67. The Kier molecular flexibility index (Phi) is 4.04. The highest BCUT2D eigenvalue weighted by Gasteiger charge is 2.65. The average Bonchev–Trinajstić information content (AvgIpc) is 3.23. The number of hydrogen-bond donors (Lipinski definition) is 1. The summed E-state index contributed by atoms with van der Waals surface area (Å²) < 4.78 is 7.61. The van der Waals surface area contributed by atoms with Crippen LogP contribution in [0.4, 0.5) is 0 Å². The number of ether oxygens (including phenoxy) is 1. The number of aliphatic hydroxyl groups is 1. The van der Waals surface area contributed by atoms with Crippen molar-refractivity contribution in [1.29, 1.82) is 0 Å². The normalized spacial score (nSPS) is 34.1. The number of aromatic nitrogens is 3. The van der Waals surface area contributed by atoms with Crippen molar-refractivity contribution in [2.45, 2.75) is 38.0 Å². The lowest BCUT2D eigenvalue weighted by Crippen LogP contribution is -2.45. The molecule has 1 aliphatic carbocycles. The molecular formula is C18H20ClN3O3. The summed E-state index contributed by atoms with van der Waals surface area (Å²) in [5.74, 6) is -0.799. The monoisotopic (exact) mass is 361 g/mol. The third kappa shape index (κ3) is 2.73. The standard InChI is InChI=1S/C18H20ClN3O3/c1-11-16-15(23)7-13(6-12-2-4-14(19)5-3-12)18(16,25-17(11)24)8-22-10-20-9-21-22/h2-5,9-11,13,15-16,23H,6-8H2,1H3. The maximum atomic E-state index is 12.3. The molecule has 6 nitrogen and oxygen atoms in total. The molecule has 1 saturated carbocycles. The molecule has 0 amide bonds. The lowest BCUT2D eigenvalue weighted by atomic mass is 9.78. The Morgan fingerprint density at radius 1 is 1.40 bits per heavy atom. The Bertz CT molecular complexity index is 764. The maximum absolute atomic E-state index is 12.3. The van der Waals surface area contributed by atoms with Gasteiger partial charge < -0.3 is 9.84 Å². The van der Waals surface area contributed by atoms with Crippen LogP contribution in [0.1, 0.15) is 18.9 Å². The highest BCUT2D eigenvalue weighted by molar-refractivity contribution is 6.30. The molecule has 2 aliphatic rings. The smallest absolute Gasteiger partial charge is 0.309 e. The van der Waals surface area contributed by atoms with E-state index in [0.29, 0.717) is 24.4 Å². The summed E-state index contributed by atoms with van der Waals surface area (Å²) in [7, 11) is 0. The van der Waals surface area contributed by atoms with Crippen molar-refractivity contribution in [2.75, 3.05) is 0 Å². The summed E-state index contributed by atoms with van der Waals surface area (Å²) in [6.07, 6.45) is 3.82. The molecule has 1 aromatic heterocycles. The van der Waals surface area contributed by atoms with Gasteiger partial charge in [-0.1, -0.05) is 30.7 Å². The number of aliphatic hydroxyl groups excluding tert-OH is 1. The van der Waals surface area contributed by atoms with Crippen molar-refractivity contribution in [2.24, 2.45) is 17.8 Å². The summed E-state index contributed by atoms with van der Waals surface area (Å²) in [5.41, 5.74) is 0.347. The molecule has 2 heterocycles. The summed E-state index contributed by atoms with van der Waals surface area (Å²) in [4.78, 5) is 16.3. The van der Waals surface area contributed by atoms with Crippen molar-refractivity contribution < 1.29 is 14.6 Å². The molecule has 0 spiro atoms. The highest BCUT2D eigenvalue weighted by Crippen LogP contribution is 2.53. The maximum Gasteiger partial charge on any atom is 0.309 e. The average molecular weight is 362 g/mol. The number of benzene rings is 1. The molecule has 25 heavy (non-hydrogen) atoms. The zero-order valence-electron chi connectivity index (χ0n) is 13.9. The van der Waals surface area contributed by atoms with E-state index in [0.717, 1.165) is 5.56 Å². The second kappa shape index (κ2) is 6.11. The van der Waals surface area contributed by atoms with Gasteiger partial charge in [0.25, 0.3) is 0 Å². The van der Waals surface area contributed by atoms with Crippen LogP contribution >= 0.6 is 11.6 Å². The second-order valence-electron chi connectivity index (χ2n) is 7.11. The predicted octanol–water partition coefficient (Wildman–Crippen LogP) is 2.10. The van der Waals surface area contributed by atoms with Crippen LogP contribution in [0.3, 0.4) is 0 Å². The topological polar surface area (TPSA) is 77.2 Å². The molecule has 132 valence electrons. The molecular weight excluding hydrogens is 342 g/mol. The first-order valence-corrected chi connectivity index (χ1v) is 8.85. The molecule has 2 fully saturated rings. The molecule has 4 rings (SSSR count). The SMILES string of the molecule is CC1C(=O)OC2(Cn3cncn3)C(Cc3ccc(Cl)cc3)CC(O)C12. The van der Waals surface area contributed by atoms with E-state index >= 15 is 0 Å². The highest BCUT2D eigenvalue weighted by atomic mass is 35.5. The molecule has 1 aromatic carbocycles. The van der Waals surface area contributed by atoms with E-state index in [2.05, 4.69) is 10.1 Å². The van der Waals surface area contributed by atoms with Crippen molar-refractivity contribution >= 4 is 17.6 Å². The Balaban J connectivity index is 1.69. The van der Waals surface area contributed by atoms with E-state index in [4.69, 9.17) is 16.3 Å². The fourth-order valence-electron chi connectivity index (χ4n) is 4.57. The molecule has 1 aliphatic heterocycles. The fourth-order valence-corrected chi connectivity index (χ4v) is 4.69. The summed E-state index contributed by atoms with van der Waals surface area (Å²) in [6.45, 7) is 2.24. The van der Waals surface area contributed by atoms with Gasteiger partial charge in [0.2, 0.25) is 0 Å². The van der Waals surface area contributed by atoms with Crippen LogP contribution in [0, 0.1) is 17.8 Å². The van der Waals surface area contributed by atoms with Gasteiger partial charge in [0.15, 0.2) is 0 Å². The summed E-state index contributed by atoms with van der Waals surface area (Å²) in [6, 6.07) is 7.66. The zero-order valence-corrected chi connectivity index (χ0v) is 14.6. The number of rotatable bonds is 4. The van der Waals surface area contributed by atoms with Gasteiger partial charge >= 0.3 is 5.97 Å². The second-order valence-corrected chi connectivity index (χ2v) is 7.55. The van der Waals surface area contributed by atoms with Gasteiger partial charge in [0.05, 0.1) is 18.6 Å². The molecule has 7 heteroatoms. The molecule has 1 N–H and O–H groups in total. The molecule has 2 aromatic rings. The fraction of sp³-hybridized carbons (Fsp3) is 0.500. The first-order valence-electron chi connectivity index (χ1n) is 8.47. The van der Waals surface area contributed by atoms with Crippen LogP contribution in [0.5, 0.6) is 0 Å². The van der Waals surface area contributed by atoms with Crippen LogP contribution in [-0.2, 0) is 22.5 Å². The predicted molar refractivity (Wildman–Crippen MR) is 90.8 cm³/mol. The number of nitrogens with zero attached hydrogens (tertiary/aromatic N) is 3. The van der Waals surface area contributed by atoms with Crippen molar-refractivity contribution in [3.8, 4) is 0 Å². The van der Waals surface area contributed by atoms with Gasteiger partial charge in [0, 0.05) is 16.9 Å². The molecule has 0 radical (unpaired) electrons. The van der Waals surface area contributed by atoms with Gasteiger partial charge in [-0.25, -0.2) is 9.67 Å². The van der Waals surface area contributed by atoms with E-state index in [1.807, 2.05) is 31.2 Å². The van der Waals surface area contributed by atoms with Crippen LogP contribution in [-0.4, -0.2) is 37.5 Å². The minimum absolute atomic E-state index is 0.00627. The van der Waals surface area contributed by atoms with Gasteiger partial charge in [-0.15, -0.1) is 0 Å². The van der Waals surface area contributed by atoms with E-state index in [1.54, 1.807) is 11.0 Å². The first kappa shape index (κ1) is 16.5. The summed E-state index contributed by atoms with van der Waals surface area (Å²) in [5, 5.41) is 15.5. The van der Waals surface area contributed by atoms with E-state index < -0.39 is 11.7 Å². The lowest BCUT2D eigenvalue weighted by molar-refractivity contribution is -0.156. The van der Waals surface area contributed by atoms with Crippen LogP contribution in [0.25, 0.3) is 0 Å². The number of hydrogen-bond acceptors (Lipinski definition) is 5. The molecule has 1 saturated heterocycles. The summed E-state index contributed by atoms with van der Waals surface area (Å²) >= 11 is 5.97. The van der Waals surface area contributed by atoms with Crippen molar-refractivity contribution in [1.82, 2.24) is 14.8 Å². The Labute approximate surface area is 150 Å². The van der Waals surface area contributed by atoms with Gasteiger partial charge in [-0.05, 0) is 30.5 Å². The minimum atomic E-state index is -0.761. The van der Waals surface area contributed by atoms with E-state index in [-0.39, 0.29) is 23.7 Å². The molecule has 5 atom stereocenters. The van der Waals surface area contributed by atoms with E-state index in [9.17, 15) is 9.90 Å². The van der Waals surface area contributed by atoms with Gasteiger partial charge in [0.1, 0.15) is 18.3 Å². The number of halogens is 1. The van der Waals surface area contributed by atoms with Crippen LogP contribution < -0.4 is 0 Å². The zero-order chi connectivity index (χ0) is 17.6. The van der Waals surface area contributed by atoms with Crippen LogP contribution in [0.15, 0.2) is 36.9 Å². The Morgan fingerprint density at radius 3 is 2.84 bits per heavy atom. The van der Waals surface area contributed by atoms with E-state index in [1.165, 1.54) is 6.33 Å². The quantitative estimate of drug-likeness (QED) is 0.844. The largest absolute Gasteiger partial charge is 0.456 e. The molecule has 0 bridgehead atoms. The van der Waals surface area contributed by atoms with Gasteiger partial charge in [-0.2, -0.15) is 5.10 Å². The van der Waals surface area contributed by atoms with Gasteiger partial charge in [-0.3, -0.25) is 4.79 Å². The number of carbonyl (C=O) groups excluding carboxylic acids is 1. The third-order valence-corrected chi connectivity index (χ3v) is 5.92. The number of esters is 1. The first-order chi connectivity index (χ1) is 12.0. The van der Waals surface area contributed by atoms with Crippen molar-refractivity contribution in [3.63, 3.8) is 0 Å². The Morgan fingerprint density at radius 2 is 2.16 bits per heavy atom.